The largest absolute Gasteiger partial charge is 0.361 e. The Hall–Kier alpha value is -0.450. The van der Waals surface area contributed by atoms with Crippen LogP contribution in [0.25, 0.3) is 0 Å². The van der Waals surface area contributed by atoms with E-state index in [-0.39, 0.29) is 0 Å². The van der Waals surface area contributed by atoms with Crippen LogP contribution in [0.4, 0.5) is 0 Å². The number of hydrogen-bond acceptors (Lipinski definition) is 4. The van der Waals surface area contributed by atoms with Crippen molar-refractivity contribution >= 4 is 11.3 Å². The van der Waals surface area contributed by atoms with E-state index in [0.717, 1.165) is 0 Å². The molecule has 0 aliphatic rings. The number of nitrogens with zero attached hydrogens (tertiary/aromatic N) is 1. The normalized spacial score (nSPS) is 10.5. The van der Waals surface area contributed by atoms with E-state index in [0.29, 0.717) is 10.6 Å². The van der Waals surface area contributed by atoms with Crippen molar-refractivity contribution in [3.8, 4) is 0 Å². The number of aryl methyl sites for hydroxylation is 1. The van der Waals surface area contributed by atoms with E-state index in [1.165, 1.54) is 18.3 Å². The Bertz CT molecular complexity index is 227. The minimum atomic E-state index is -1.73. The highest BCUT2D eigenvalue weighted by molar-refractivity contribution is 7.09. The standard InChI is InChI=1S/C6H9NO2S.C2H6/c1-4-5(6(2,8)9)10-3-7-4;1-2/h3,8-9H,1-2H3;1-2H3. The number of aromatic nitrogens is 1. The molecule has 0 atom stereocenters. The Kier molecular flexibility index (Phi) is 4.37. The first kappa shape index (κ1) is 11.6. The molecule has 12 heavy (non-hydrogen) atoms. The van der Waals surface area contributed by atoms with Crippen LogP contribution in [0.2, 0.25) is 0 Å². The molecule has 0 radical (unpaired) electrons. The zero-order chi connectivity index (χ0) is 9.78. The summed E-state index contributed by atoms with van der Waals surface area (Å²) >= 11 is 1.25. The van der Waals surface area contributed by atoms with Gasteiger partial charge >= 0.3 is 0 Å². The number of aliphatic hydroxyl groups is 2. The molecule has 0 saturated carbocycles. The van der Waals surface area contributed by atoms with Crippen LogP contribution < -0.4 is 0 Å². The van der Waals surface area contributed by atoms with Crippen LogP contribution in [0.5, 0.6) is 0 Å². The summed E-state index contributed by atoms with van der Waals surface area (Å²) in [5, 5.41) is 18.2. The van der Waals surface area contributed by atoms with Crippen molar-refractivity contribution in [3.63, 3.8) is 0 Å². The summed E-state index contributed by atoms with van der Waals surface area (Å²) in [6.45, 7) is 7.07. The summed E-state index contributed by atoms with van der Waals surface area (Å²) in [5.74, 6) is -1.73. The molecule has 1 rings (SSSR count). The van der Waals surface area contributed by atoms with Gasteiger partial charge in [0.25, 0.3) is 0 Å². The molecule has 0 fully saturated rings. The van der Waals surface area contributed by atoms with Gasteiger partial charge in [0, 0.05) is 0 Å². The van der Waals surface area contributed by atoms with E-state index in [4.69, 9.17) is 10.2 Å². The molecule has 2 N–H and O–H groups in total. The van der Waals surface area contributed by atoms with Crippen LogP contribution >= 0.6 is 11.3 Å². The highest BCUT2D eigenvalue weighted by Gasteiger charge is 2.22. The molecule has 1 heterocycles. The van der Waals surface area contributed by atoms with Crippen molar-refractivity contribution in [2.24, 2.45) is 0 Å². The molecule has 70 valence electrons. The van der Waals surface area contributed by atoms with Gasteiger partial charge in [-0.2, -0.15) is 0 Å². The Labute approximate surface area is 76.7 Å². The molecule has 0 amide bonds. The summed E-state index contributed by atoms with van der Waals surface area (Å²) in [5.41, 5.74) is 2.27. The zero-order valence-electron chi connectivity index (χ0n) is 7.83. The van der Waals surface area contributed by atoms with Gasteiger partial charge in [-0.15, -0.1) is 11.3 Å². The highest BCUT2D eigenvalue weighted by Crippen LogP contribution is 2.24. The second-order valence-electron chi connectivity index (χ2n) is 2.29. The fourth-order valence-electron chi connectivity index (χ4n) is 0.756. The number of hydrogen-bond donors (Lipinski definition) is 2. The Morgan fingerprint density at radius 3 is 2.08 bits per heavy atom. The van der Waals surface area contributed by atoms with Crippen LogP contribution in [0.3, 0.4) is 0 Å². The van der Waals surface area contributed by atoms with Crippen molar-refractivity contribution in [2.75, 3.05) is 0 Å². The number of rotatable bonds is 1. The summed E-state index contributed by atoms with van der Waals surface area (Å²) in [7, 11) is 0. The second kappa shape index (κ2) is 4.54. The monoisotopic (exact) mass is 189 g/mol. The van der Waals surface area contributed by atoms with E-state index in [9.17, 15) is 0 Å². The van der Waals surface area contributed by atoms with E-state index in [1.807, 2.05) is 13.8 Å². The summed E-state index contributed by atoms with van der Waals surface area (Å²) < 4.78 is 0. The molecule has 4 heteroatoms. The smallest absolute Gasteiger partial charge is 0.198 e. The van der Waals surface area contributed by atoms with Gasteiger partial charge in [0.1, 0.15) is 0 Å². The Morgan fingerprint density at radius 1 is 1.42 bits per heavy atom. The lowest BCUT2D eigenvalue weighted by Gasteiger charge is -2.13. The SMILES string of the molecule is CC.Cc1ncsc1C(C)(O)O. The van der Waals surface area contributed by atoms with Crippen molar-refractivity contribution in [3.05, 3.63) is 16.1 Å². The molecule has 0 aliphatic heterocycles. The lowest BCUT2D eigenvalue weighted by atomic mass is 10.2. The minimum Gasteiger partial charge on any atom is -0.361 e. The van der Waals surface area contributed by atoms with Crippen LogP contribution in [0, 0.1) is 6.92 Å². The van der Waals surface area contributed by atoms with E-state index in [1.54, 1.807) is 12.4 Å². The van der Waals surface area contributed by atoms with Crippen LogP contribution in [-0.2, 0) is 5.79 Å². The highest BCUT2D eigenvalue weighted by atomic mass is 32.1. The maximum Gasteiger partial charge on any atom is 0.198 e. The van der Waals surface area contributed by atoms with Gasteiger partial charge in [0.2, 0.25) is 0 Å². The van der Waals surface area contributed by atoms with E-state index >= 15 is 0 Å². The molecular weight excluding hydrogens is 174 g/mol. The molecule has 1 aromatic heterocycles. The molecule has 0 aromatic carbocycles. The summed E-state index contributed by atoms with van der Waals surface area (Å²) in [4.78, 5) is 4.39. The van der Waals surface area contributed by atoms with E-state index in [2.05, 4.69) is 4.98 Å². The minimum absolute atomic E-state index is 0.507. The maximum absolute atomic E-state index is 9.08. The average Bonchev–Trinajstić information content (AvgIpc) is 2.38. The van der Waals surface area contributed by atoms with E-state index < -0.39 is 5.79 Å². The van der Waals surface area contributed by atoms with Gasteiger partial charge in [0.05, 0.1) is 16.1 Å². The quantitative estimate of drug-likeness (QED) is 0.660. The van der Waals surface area contributed by atoms with Gasteiger partial charge < -0.3 is 10.2 Å². The third-order valence-electron chi connectivity index (χ3n) is 1.18. The van der Waals surface area contributed by atoms with Gasteiger partial charge in [-0.25, -0.2) is 4.98 Å². The zero-order valence-corrected chi connectivity index (χ0v) is 8.64. The Morgan fingerprint density at radius 2 is 1.92 bits per heavy atom. The first-order valence-electron chi connectivity index (χ1n) is 3.87. The molecule has 3 nitrogen and oxygen atoms in total. The molecule has 0 spiro atoms. The van der Waals surface area contributed by atoms with Crippen LogP contribution in [0.1, 0.15) is 31.3 Å². The van der Waals surface area contributed by atoms with Crippen molar-refractivity contribution in [2.45, 2.75) is 33.5 Å². The summed E-state index contributed by atoms with van der Waals surface area (Å²) in [6.07, 6.45) is 0. The number of thiazole rings is 1. The molecule has 1 aromatic rings. The van der Waals surface area contributed by atoms with Gasteiger partial charge in [-0.1, -0.05) is 13.8 Å². The van der Waals surface area contributed by atoms with Crippen molar-refractivity contribution in [1.29, 1.82) is 0 Å². The van der Waals surface area contributed by atoms with Crippen LogP contribution in [-0.4, -0.2) is 15.2 Å². The first-order valence-corrected chi connectivity index (χ1v) is 4.75. The van der Waals surface area contributed by atoms with Crippen LogP contribution in [0.15, 0.2) is 5.51 Å². The van der Waals surface area contributed by atoms with Gasteiger partial charge in [0.15, 0.2) is 5.79 Å². The van der Waals surface area contributed by atoms with Crippen molar-refractivity contribution < 1.29 is 10.2 Å². The molecular formula is C8H15NO2S. The lowest BCUT2D eigenvalue weighted by Crippen LogP contribution is -2.19. The predicted molar refractivity (Wildman–Crippen MR) is 50.0 cm³/mol. The second-order valence-corrected chi connectivity index (χ2v) is 3.14. The third kappa shape index (κ3) is 2.89. The maximum atomic E-state index is 9.08. The van der Waals surface area contributed by atoms with Gasteiger partial charge in [-0.05, 0) is 13.8 Å². The van der Waals surface area contributed by atoms with Crippen molar-refractivity contribution in [1.82, 2.24) is 4.98 Å². The van der Waals surface area contributed by atoms with Gasteiger partial charge in [-0.3, -0.25) is 0 Å². The lowest BCUT2D eigenvalue weighted by molar-refractivity contribution is -0.150. The topological polar surface area (TPSA) is 53.4 Å². The molecule has 0 bridgehead atoms. The fraction of sp³-hybridized carbons (Fsp3) is 0.625. The third-order valence-corrected chi connectivity index (χ3v) is 2.30. The average molecular weight is 189 g/mol. The first-order chi connectivity index (χ1) is 5.52. The molecule has 0 aliphatic carbocycles. The Balaban J connectivity index is 0.000000561. The fourth-order valence-corrected chi connectivity index (χ4v) is 1.52. The molecule has 0 unspecified atom stereocenters. The molecule has 0 saturated heterocycles. The summed E-state index contributed by atoms with van der Waals surface area (Å²) in [6, 6.07) is 0. The predicted octanol–water partition coefficient (Wildman–Crippen LogP) is 1.64.